The molecule has 4 rings (SSSR count). The third kappa shape index (κ3) is 3.04. The molecule has 2 N–H and O–H groups in total. The second kappa shape index (κ2) is 6.85. The molecular formula is C20H26N4O2. The second-order valence-corrected chi connectivity index (χ2v) is 7.49. The minimum absolute atomic E-state index is 0.0614. The molecule has 1 aromatic heterocycles. The molecular weight excluding hydrogens is 328 g/mol. The molecule has 138 valence electrons. The number of likely N-dealkylation sites (tertiary alicyclic amines) is 2. The Balaban J connectivity index is 1.62. The van der Waals surface area contributed by atoms with E-state index in [2.05, 4.69) is 15.1 Å². The van der Waals surface area contributed by atoms with Gasteiger partial charge >= 0.3 is 0 Å². The van der Waals surface area contributed by atoms with Crippen LogP contribution >= 0.6 is 0 Å². The Labute approximate surface area is 153 Å². The molecule has 2 atom stereocenters. The van der Waals surface area contributed by atoms with Crippen molar-refractivity contribution in [1.82, 2.24) is 20.0 Å². The summed E-state index contributed by atoms with van der Waals surface area (Å²) in [5.74, 6) is -0.0614. The number of hydrogen-bond donors (Lipinski definition) is 2. The largest absolute Gasteiger partial charge is 0.383 e. The molecule has 2 aliphatic heterocycles. The summed E-state index contributed by atoms with van der Waals surface area (Å²) in [5.41, 5.74) is 1.35. The number of amides is 1. The maximum absolute atomic E-state index is 12.9. The van der Waals surface area contributed by atoms with Crippen molar-refractivity contribution in [3.63, 3.8) is 0 Å². The van der Waals surface area contributed by atoms with Crippen LogP contribution in [-0.2, 0) is 5.60 Å². The van der Waals surface area contributed by atoms with Crippen LogP contribution in [0.1, 0.15) is 41.0 Å². The number of carbonyl (C=O) groups excluding carboxylic acids is 1. The summed E-state index contributed by atoms with van der Waals surface area (Å²) in [6.45, 7) is 4.89. The van der Waals surface area contributed by atoms with E-state index < -0.39 is 5.60 Å². The van der Waals surface area contributed by atoms with Crippen molar-refractivity contribution in [2.75, 3.05) is 26.2 Å². The fourth-order valence-corrected chi connectivity index (χ4v) is 4.33. The van der Waals surface area contributed by atoms with Crippen molar-refractivity contribution >= 4 is 5.91 Å². The Kier molecular flexibility index (Phi) is 4.54. The number of aryl methyl sites for hydroxylation is 1. The van der Waals surface area contributed by atoms with Gasteiger partial charge in [0.05, 0.1) is 6.04 Å². The molecule has 26 heavy (non-hydrogen) atoms. The van der Waals surface area contributed by atoms with Crippen LogP contribution in [0, 0.1) is 6.92 Å². The lowest BCUT2D eigenvalue weighted by atomic mass is 9.79. The average molecular weight is 354 g/mol. The number of nitrogens with one attached hydrogen (secondary N) is 1. The highest BCUT2D eigenvalue weighted by molar-refractivity contribution is 5.92. The van der Waals surface area contributed by atoms with E-state index >= 15 is 0 Å². The molecule has 0 radical (unpaired) electrons. The fourth-order valence-electron chi connectivity index (χ4n) is 4.33. The molecule has 0 bridgehead atoms. The summed E-state index contributed by atoms with van der Waals surface area (Å²) in [6, 6.07) is 11.6. The van der Waals surface area contributed by atoms with Gasteiger partial charge in [0.1, 0.15) is 11.3 Å². The zero-order valence-corrected chi connectivity index (χ0v) is 15.2. The summed E-state index contributed by atoms with van der Waals surface area (Å²) >= 11 is 0. The van der Waals surface area contributed by atoms with Crippen LogP contribution in [0.3, 0.4) is 0 Å². The minimum Gasteiger partial charge on any atom is -0.383 e. The third-order valence-electron chi connectivity index (χ3n) is 5.77. The first-order chi connectivity index (χ1) is 12.6. The second-order valence-electron chi connectivity index (χ2n) is 7.49. The summed E-state index contributed by atoms with van der Waals surface area (Å²) in [4.78, 5) is 17.1. The molecule has 2 aliphatic rings. The number of aromatic nitrogens is 2. The minimum atomic E-state index is -0.927. The highest BCUT2D eigenvalue weighted by Crippen LogP contribution is 2.37. The SMILES string of the molecule is Cc1cc(C(=O)N2CCC(O)(c3ccccc3)[C@H](N3CCCC3)C2)n[nH]1. The molecule has 1 amide bonds. The molecule has 0 saturated carbocycles. The molecule has 2 saturated heterocycles. The van der Waals surface area contributed by atoms with Crippen molar-refractivity contribution in [2.45, 2.75) is 37.8 Å². The van der Waals surface area contributed by atoms with Gasteiger partial charge in [0.15, 0.2) is 0 Å². The van der Waals surface area contributed by atoms with Gasteiger partial charge in [0.2, 0.25) is 0 Å². The van der Waals surface area contributed by atoms with Gasteiger partial charge in [-0.2, -0.15) is 5.10 Å². The van der Waals surface area contributed by atoms with E-state index in [1.165, 1.54) is 0 Å². The van der Waals surface area contributed by atoms with E-state index in [9.17, 15) is 9.90 Å². The quantitative estimate of drug-likeness (QED) is 0.883. The summed E-state index contributed by atoms with van der Waals surface area (Å²) in [5, 5.41) is 18.6. The number of carbonyl (C=O) groups is 1. The molecule has 2 fully saturated rings. The maximum Gasteiger partial charge on any atom is 0.274 e. The summed E-state index contributed by atoms with van der Waals surface area (Å²) in [7, 11) is 0. The highest BCUT2D eigenvalue weighted by Gasteiger charge is 2.47. The lowest BCUT2D eigenvalue weighted by Gasteiger charge is -2.48. The first kappa shape index (κ1) is 17.2. The predicted molar refractivity (Wildman–Crippen MR) is 98.8 cm³/mol. The monoisotopic (exact) mass is 354 g/mol. The Hall–Kier alpha value is -2.18. The van der Waals surface area contributed by atoms with E-state index in [4.69, 9.17) is 0 Å². The van der Waals surface area contributed by atoms with Gasteiger partial charge in [0.25, 0.3) is 5.91 Å². The van der Waals surface area contributed by atoms with Gasteiger partial charge in [-0.15, -0.1) is 0 Å². The van der Waals surface area contributed by atoms with Crippen LogP contribution in [0.5, 0.6) is 0 Å². The van der Waals surface area contributed by atoms with Gasteiger partial charge in [-0.1, -0.05) is 30.3 Å². The third-order valence-corrected chi connectivity index (χ3v) is 5.77. The lowest BCUT2D eigenvalue weighted by Crippen LogP contribution is -2.61. The van der Waals surface area contributed by atoms with Crippen LogP contribution in [0.4, 0.5) is 0 Å². The first-order valence-corrected chi connectivity index (χ1v) is 9.41. The van der Waals surface area contributed by atoms with Crippen LogP contribution in [-0.4, -0.2) is 63.2 Å². The normalized spacial score (nSPS) is 27.0. The van der Waals surface area contributed by atoms with E-state index in [-0.39, 0.29) is 11.9 Å². The topological polar surface area (TPSA) is 72.5 Å². The lowest BCUT2D eigenvalue weighted by molar-refractivity contribution is -0.0878. The van der Waals surface area contributed by atoms with Gasteiger partial charge in [-0.25, -0.2) is 0 Å². The van der Waals surface area contributed by atoms with Gasteiger partial charge in [0, 0.05) is 18.8 Å². The highest BCUT2D eigenvalue weighted by atomic mass is 16.3. The van der Waals surface area contributed by atoms with Gasteiger partial charge < -0.3 is 10.0 Å². The van der Waals surface area contributed by atoms with Crippen LogP contribution in [0.2, 0.25) is 0 Å². The molecule has 0 aliphatic carbocycles. The Morgan fingerprint density at radius 1 is 1.23 bits per heavy atom. The summed E-state index contributed by atoms with van der Waals surface area (Å²) < 4.78 is 0. The van der Waals surface area contributed by atoms with E-state index in [1.807, 2.05) is 42.2 Å². The number of aliphatic hydroxyl groups is 1. The zero-order chi connectivity index (χ0) is 18.1. The van der Waals surface area contributed by atoms with Gasteiger partial charge in [-0.3, -0.25) is 14.8 Å². The standard InChI is InChI=1S/C20H26N4O2/c1-15-13-17(22-21-15)19(25)24-12-9-20(26,16-7-3-2-4-8-16)18(14-24)23-10-5-6-11-23/h2-4,7-8,13,18,26H,5-6,9-12,14H2,1H3,(H,21,22)/t18-,20?/m1/s1. The maximum atomic E-state index is 12.9. The molecule has 6 nitrogen and oxygen atoms in total. The Bertz CT molecular complexity index is 769. The smallest absolute Gasteiger partial charge is 0.274 e. The molecule has 2 aromatic rings. The van der Waals surface area contributed by atoms with Crippen LogP contribution in [0.15, 0.2) is 36.4 Å². The van der Waals surface area contributed by atoms with E-state index in [0.717, 1.165) is 37.2 Å². The van der Waals surface area contributed by atoms with Crippen molar-refractivity contribution in [1.29, 1.82) is 0 Å². The number of H-pyrrole nitrogens is 1. The van der Waals surface area contributed by atoms with Crippen molar-refractivity contribution < 1.29 is 9.90 Å². The average Bonchev–Trinajstić information content (AvgIpc) is 3.34. The molecule has 3 heterocycles. The number of piperidine rings is 1. The number of nitrogens with zero attached hydrogens (tertiary/aromatic N) is 3. The van der Waals surface area contributed by atoms with E-state index in [0.29, 0.717) is 25.2 Å². The number of hydrogen-bond acceptors (Lipinski definition) is 4. The van der Waals surface area contributed by atoms with Crippen molar-refractivity contribution in [3.05, 3.63) is 53.3 Å². The fraction of sp³-hybridized carbons (Fsp3) is 0.500. The van der Waals surface area contributed by atoms with Crippen molar-refractivity contribution in [2.24, 2.45) is 0 Å². The number of benzene rings is 1. The summed E-state index contributed by atoms with van der Waals surface area (Å²) in [6.07, 6.45) is 2.83. The molecule has 1 aromatic carbocycles. The molecule has 1 unspecified atom stereocenters. The first-order valence-electron chi connectivity index (χ1n) is 9.41. The Morgan fingerprint density at radius 3 is 2.62 bits per heavy atom. The van der Waals surface area contributed by atoms with Crippen LogP contribution < -0.4 is 0 Å². The molecule has 6 heteroatoms. The predicted octanol–water partition coefficient (Wildman–Crippen LogP) is 1.92. The Morgan fingerprint density at radius 2 is 1.96 bits per heavy atom. The van der Waals surface area contributed by atoms with Crippen LogP contribution in [0.25, 0.3) is 0 Å². The van der Waals surface area contributed by atoms with E-state index in [1.54, 1.807) is 6.07 Å². The number of aromatic amines is 1. The zero-order valence-electron chi connectivity index (χ0n) is 15.2. The number of rotatable bonds is 3. The molecule has 0 spiro atoms. The van der Waals surface area contributed by atoms with Crippen molar-refractivity contribution in [3.8, 4) is 0 Å². The van der Waals surface area contributed by atoms with Gasteiger partial charge in [-0.05, 0) is 50.9 Å².